The molecule has 0 saturated carbocycles. The zero-order valence-corrected chi connectivity index (χ0v) is 10.6. The van der Waals surface area contributed by atoms with Crippen LogP contribution in [0.3, 0.4) is 0 Å². The Morgan fingerprint density at radius 3 is 3.06 bits per heavy atom. The van der Waals surface area contributed by atoms with E-state index in [9.17, 15) is 0 Å². The molecule has 2 rings (SSSR count). The van der Waals surface area contributed by atoms with Crippen molar-refractivity contribution >= 4 is 11.3 Å². The van der Waals surface area contributed by atoms with Crippen LogP contribution in [-0.4, -0.2) is 26.5 Å². The van der Waals surface area contributed by atoms with Gasteiger partial charge in [0, 0.05) is 36.9 Å². The molecule has 2 heterocycles. The van der Waals surface area contributed by atoms with Gasteiger partial charge in [0.25, 0.3) is 0 Å². The third-order valence-electron chi connectivity index (χ3n) is 2.26. The minimum Gasteiger partial charge on any atom is -0.325 e. The summed E-state index contributed by atoms with van der Waals surface area (Å²) in [5, 5.41) is 12.3. The van der Waals surface area contributed by atoms with Gasteiger partial charge in [0.05, 0.1) is 12.2 Å². The molecule has 0 aliphatic carbocycles. The first kappa shape index (κ1) is 12.2. The monoisotopic (exact) mass is 252 g/mol. The van der Waals surface area contributed by atoms with Gasteiger partial charge in [-0.2, -0.15) is 0 Å². The van der Waals surface area contributed by atoms with E-state index in [-0.39, 0.29) is 0 Å². The molecule has 2 aromatic heterocycles. The fourth-order valence-electron chi connectivity index (χ4n) is 1.41. The molecule has 0 fully saturated rings. The van der Waals surface area contributed by atoms with E-state index < -0.39 is 0 Å². The summed E-state index contributed by atoms with van der Waals surface area (Å²) in [6.45, 7) is 4.93. The van der Waals surface area contributed by atoms with Crippen molar-refractivity contribution in [3.05, 3.63) is 28.0 Å². The zero-order chi connectivity index (χ0) is 12.1. The molecule has 0 saturated heterocycles. The molecule has 3 N–H and O–H groups in total. The van der Waals surface area contributed by atoms with Crippen molar-refractivity contribution in [2.75, 3.05) is 6.54 Å². The molecule has 0 aliphatic rings. The van der Waals surface area contributed by atoms with Crippen molar-refractivity contribution in [2.24, 2.45) is 5.73 Å². The summed E-state index contributed by atoms with van der Waals surface area (Å²) < 4.78 is 1.79. The third kappa shape index (κ3) is 3.58. The van der Waals surface area contributed by atoms with Crippen LogP contribution in [0.5, 0.6) is 0 Å². The van der Waals surface area contributed by atoms with E-state index in [4.69, 9.17) is 5.73 Å². The minimum absolute atomic E-state index is 0.436. The number of rotatable bonds is 6. The number of nitrogens with zero attached hydrogens (tertiary/aromatic N) is 4. The van der Waals surface area contributed by atoms with Crippen molar-refractivity contribution in [1.29, 1.82) is 0 Å². The molecule has 0 amide bonds. The number of aryl methyl sites for hydroxylation is 1. The topological polar surface area (TPSA) is 81.7 Å². The maximum Gasteiger partial charge on any atom is 0.107 e. The Kier molecular flexibility index (Phi) is 4.18. The van der Waals surface area contributed by atoms with E-state index in [2.05, 4.69) is 27.5 Å². The zero-order valence-electron chi connectivity index (χ0n) is 9.76. The van der Waals surface area contributed by atoms with Crippen LogP contribution in [0.15, 0.2) is 12.4 Å². The first-order valence-corrected chi connectivity index (χ1v) is 6.30. The second-order valence-corrected chi connectivity index (χ2v) is 5.04. The van der Waals surface area contributed by atoms with Crippen LogP contribution in [0.2, 0.25) is 0 Å². The Morgan fingerprint density at radius 2 is 2.41 bits per heavy atom. The van der Waals surface area contributed by atoms with Gasteiger partial charge in [-0.1, -0.05) is 5.21 Å². The molecular weight excluding hydrogens is 236 g/mol. The summed E-state index contributed by atoms with van der Waals surface area (Å²) in [4.78, 5) is 5.52. The summed E-state index contributed by atoms with van der Waals surface area (Å²) in [6.07, 6.45) is 3.77. The van der Waals surface area contributed by atoms with Crippen LogP contribution in [0, 0.1) is 6.92 Å². The average molecular weight is 252 g/mol. The smallest absolute Gasteiger partial charge is 0.107 e. The standard InChI is InChI=1S/C10H16N6S/c1-8-5-13-10(17-8)6-12-2-3-16-7-9(4-11)14-15-16/h5,7,12H,2-4,6,11H2,1H3. The first-order valence-electron chi connectivity index (χ1n) is 5.49. The Balaban J connectivity index is 1.69. The summed E-state index contributed by atoms with van der Waals surface area (Å²) in [7, 11) is 0. The van der Waals surface area contributed by atoms with Crippen molar-refractivity contribution in [1.82, 2.24) is 25.3 Å². The lowest BCUT2D eigenvalue weighted by molar-refractivity contribution is 0.539. The van der Waals surface area contributed by atoms with E-state index >= 15 is 0 Å². The van der Waals surface area contributed by atoms with Gasteiger partial charge in [-0.25, -0.2) is 4.98 Å². The van der Waals surface area contributed by atoms with Crippen LogP contribution >= 0.6 is 11.3 Å². The summed E-state index contributed by atoms with van der Waals surface area (Å²) in [5.74, 6) is 0. The molecule has 2 aromatic rings. The van der Waals surface area contributed by atoms with Gasteiger partial charge in [-0.15, -0.1) is 16.4 Å². The van der Waals surface area contributed by atoms with Crippen LogP contribution in [-0.2, 0) is 19.6 Å². The Bertz CT molecular complexity index is 463. The second-order valence-electron chi connectivity index (χ2n) is 3.72. The third-order valence-corrected chi connectivity index (χ3v) is 3.17. The summed E-state index contributed by atoms with van der Waals surface area (Å²) in [5.41, 5.74) is 6.28. The number of thiazole rings is 1. The van der Waals surface area contributed by atoms with E-state index in [0.717, 1.165) is 30.3 Å². The quantitative estimate of drug-likeness (QED) is 0.722. The predicted molar refractivity (Wildman–Crippen MR) is 66.5 cm³/mol. The van der Waals surface area contributed by atoms with Crippen LogP contribution in [0.25, 0.3) is 0 Å². The Hall–Kier alpha value is -1.31. The fourth-order valence-corrected chi connectivity index (χ4v) is 2.17. The fraction of sp³-hybridized carbons (Fsp3) is 0.500. The molecular formula is C10H16N6S. The summed E-state index contributed by atoms with van der Waals surface area (Å²) >= 11 is 1.72. The summed E-state index contributed by atoms with van der Waals surface area (Å²) in [6, 6.07) is 0. The van der Waals surface area contributed by atoms with Gasteiger partial charge in [0.2, 0.25) is 0 Å². The van der Waals surface area contributed by atoms with Gasteiger partial charge in [-0.05, 0) is 6.92 Å². The Labute approximate surface area is 104 Å². The average Bonchev–Trinajstić information content (AvgIpc) is 2.93. The molecule has 17 heavy (non-hydrogen) atoms. The number of hydrogen-bond acceptors (Lipinski definition) is 6. The van der Waals surface area contributed by atoms with Gasteiger partial charge >= 0.3 is 0 Å². The molecule has 0 atom stereocenters. The van der Waals surface area contributed by atoms with E-state index in [1.165, 1.54) is 4.88 Å². The van der Waals surface area contributed by atoms with E-state index in [1.54, 1.807) is 16.0 Å². The molecule has 0 spiro atoms. The highest BCUT2D eigenvalue weighted by Gasteiger charge is 1.99. The maximum absolute atomic E-state index is 5.46. The van der Waals surface area contributed by atoms with Crippen LogP contribution < -0.4 is 11.1 Å². The van der Waals surface area contributed by atoms with Gasteiger partial charge in [0.1, 0.15) is 5.01 Å². The lowest BCUT2D eigenvalue weighted by atomic mass is 10.5. The first-order chi connectivity index (χ1) is 8.28. The molecule has 0 bridgehead atoms. The number of nitrogens with one attached hydrogen (secondary N) is 1. The van der Waals surface area contributed by atoms with Crippen molar-refractivity contribution in [2.45, 2.75) is 26.6 Å². The minimum atomic E-state index is 0.436. The van der Waals surface area contributed by atoms with E-state index in [1.807, 2.05) is 12.4 Å². The molecule has 7 heteroatoms. The lowest BCUT2D eigenvalue weighted by Crippen LogP contribution is -2.19. The van der Waals surface area contributed by atoms with Crippen LogP contribution in [0.4, 0.5) is 0 Å². The predicted octanol–water partition coefficient (Wildman–Crippen LogP) is 0.292. The highest BCUT2D eigenvalue weighted by Crippen LogP contribution is 2.10. The lowest BCUT2D eigenvalue weighted by Gasteiger charge is -2.01. The van der Waals surface area contributed by atoms with Gasteiger partial charge < -0.3 is 11.1 Å². The number of aromatic nitrogens is 4. The van der Waals surface area contributed by atoms with E-state index in [0.29, 0.717) is 6.54 Å². The molecule has 6 nitrogen and oxygen atoms in total. The van der Waals surface area contributed by atoms with Crippen molar-refractivity contribution in [3.8, 4) is 0 Å². The van der Waals surface area contributed by atoms with Crippen molar-refractivity contribution in [3.63, 3.8) is 0 Å². The Morgan fingerprint density at radius 1 is 1.53 bits per heavy atom. The number of nitrogens with two attached hydrogens (primary N) is 1. The molecule has 0 aliphatic heterocycles. The molecule has 0 radical (unpaired) electrons. The molecule has 0 unspecified atom stereocenters. The van der Waals surface area contributed by atoms with Gasteiger partial charge in [0.15, 0.2) is 0 Å². The second kappa shape index (κ2) is 5.85. The highest BCUT2D eigenvalue weighted by atomic mass is 32.1. The van der Waals surface area contributed by atoms with Crippen molar-refractivity contribution < 1.29 is 0 Å². The van der Waals surface area contributed by atoms with Gasteiger partial charge in [-0.3, -0.25) is 4.68 Å². The van der Waals surface area contributed by atoms with Crippen LogP contribution in [0.1, 0.15) is 15.6 Å². The number of hydrogen-bond donors (Lipinski definition) is 2. The maximum atomic E-state index is 5.46. The highest BCUT2D eigenvalue weighted by molar-refractivity contribution is 7.11. The normalized spacial score (nSPS) is 10.9. The molecule has 92 valence electrons. The SMILES string of the molecule is Cc1cnc(CNCCn2cc(CN)nn2)s1. The largest absolute Gasteiger partial charge is 0.325 e. The molecule has 0 aromatic carbocycles.